The predicted molar refractivity (Wildman–Crippen MR) is 146 cm³/mol. The molecule has 2 aliphatic heterocycles. The zero-order valence-electron chi connectivity index (χ0n) is 22.5. The molecule has 2 atom stereocenters. The van der Waals surface area contributed by atoms with E-state index in [-0.39, 0.29) is 24.3 Å². The smallest absolute Gasteiger partial charge is 0.222 e. The first-order valence-electron chi connectivity index (χ1n) is 13.7. The first kappa shape index (κ1) is 25.8. The molecule has 7 nitrogen and oxygen atoms in total. The van der Waals surface area contributed by atoms with E-state index < -0.39 is 0 Å². The number of rotatable bonds is 9. The van der Waals surface area contributed by atoms with E-state index in [9.17, 15) is 4.79 Å². The van der Waals surface area contributed by atoms with E-state index in [4.69, 9.17) is 4.74 Å². The number of ether oxygens (including phenoxy) is 1. The summed E-state index contributed by atoms with van der Waals surface area (Å²) < 4.78 is 8.59. The molecule has 2 unspecified atom stereocenters. The number of carbonyl (C=O) groups excluding carboxylic acids is 1. The van der Waals surface area contributed by atoms with Crippen LogP contribution in [0.1, 0.15) is 67.4 Å². The van der Waals surface area contributed by atoms with Gasteiger partial charge in [0.05, 0.1) is 18.7 Å². The van der Waals surface area contributed by atoms with Gasteiger partial charge in [0.1, 0.15) is 6.23 Å². The molecule has 5 rings (SSSR count). The van der Waals surface area contributed by atoms with E-state index in [1.54, 1.807) is 0 Å². The van der Waals surface area contributed by atoms with E-state index in [1.807, 2.05) is 4.90 Å². The first-order valence-corrected chi connectivity index (χ1v) is 13.7. The van der Waals surface area contributed by atoms with Crippen LogP contribution < -0.4 is 5.32 Å². The molecular formula is C30H41N5O2. The number of amides is 1. The summed E-state index contributed by atoms with van der Waals surface area (Å²) in [4.78, 5) is 20.4. The SMILES string of the molecule is CC(C)OC1CNCCN1C(c1ccccc1)c1c[nH]c(Cc2ccc(CN3CCCCC3=O)n2C)c1. The van der Waals surface area contributed by atoms with Gasteiger partial charge < -0.3 is 24.5 Å². The Bertz CT molecular complexity index is 1170. The number of hydrogen-bond donors (Lipinski definition) is 2. The zero-order valence-corrected chi connectivity index (χ0v) is 22.5. The van der Waals surface area contributed by atoms with Gasteiger partial charge in [-0.15, -0.1) is 0 Å². The molecule has 2 N–H and O–H groups in total. The number of hydrogen-bond acceptors (Lipinski definition) is 4. The Morgan fingerprint density at radius 3 is 2.62 bits per heavy atom. The Kier molecular flexibility index (Phi) is 8.13. The number of benzene rings is 1. The molecule has 37 heavy (non-hydrogen) atoms. The molecule has 1 aromatic carbocycles. The quantitative estimate of drug-likeness (QED) is 0.459. The van der Waals surface area contributed by atoms with E-state index >= 15 is 0 Å². The highest BCUT2D eigenvalue weighted by molar-refractivity contribution is 5.76. The van der Waals surface area contributed by atoms with Gasteiger partial charge in [0.15, 0.2) is 0 Å². The summed E-state index contributed by atoms with van der Waals surface area (Å²) in [7, 11) is 2.12. The Labute approximate surface area is 220 Å². The normalized spacial score (nSPS) is 20.1. The molecule has 1 amide bonds. The highest BCUT2D eigenvalue weighted by Gasteiger charge is 2.32. The number of piperidine rings is 1. The number of likely N-dealkylation sites (tertiary alicyclic amines) is 1. The van der Waals surface area contributed by atoms with Crippen LogP contribution in [-0.4, -0.2) is 63.8 Å². The second-order valence-electron chi connectivity index (χ2n) is 10.7. The van der Waals surface area contributed by atoms with Crippen molar-refractivity contribution in [2.24, 2.45) is 7.05 Å². The van der Waals surface area contributed by atoms with Crippen LogP contribution in [0.2, 0.25) is 0 Å². The van der Waals surface area contributed by atoms with Crippen LogP contribution in [0.25, 0.3) is 0 Å². The Morgan fingerprint density at radius 2 is 1.84 bits per heavy atom. The maximum absolute atomic E-state index is 12.3. The lowest BCUT2D eigenvalue weighted by Crippen LogP contribution is -2.54. The number of nitrogens with zero attached hydrogens (tertiary/aromatic N) is 3. The van der Waals surface area contributed by atoms with Crippen LogP contribution in [0, 0.1) is 0 Å². The van der Waals surface area contributed by atoms with Crippen LogP contribution in [-0.2, 0) is 29.5 Å². The van der Waals surface area contributed by atoms with E-state index in [2.05, 4.69) is 95.4 Å². The number of piperazine rings is 1. The van der Waals surface area contributed by atoms with Crippen LogP contribution in [0.4, 0.5) is 0 Å². The maximum atomic E-state index is 12.3. The van der Waals surface area contributed by atoms with Crippen molar-refractivity contribution in [2.45, 2.75) is 64.4 Å². The number of H-pyrrole nitrogens is 1. The van der Waals surface area contributed by atoms with Crippen molar-refractivity contribution in [3.63, 3.8) is 0 Å². The maximum Gasteiger partial charge on any atom is 0.222 e. The number of carbonyl (C=O) groups is 1. The van der Waals surface area contributed by atoms with Gasteiger partial charge in [-0.2, -0.15) is 0 Å². The molecule has 0 spiro atoms. The molecule has 7 heteroatoms. The molecule has 4 heterocycles. The minimum Gasteiger partial charge on any atom is -0.364 e. The molecule has 0 saturated carbocycles. The lowest BCUT2D eigenvalue weighted by molar-refractivity contribution is -0.133. The lowest BCUT2D eigenvalue weighted by atomic mass is 9.97. The van der Waals surface area contributed by atoms with Crippen molar-refractivity contribution in [3.8, 4) is 0 Å². The van der Waals surface area contributed by atoms with E-state index in [0.29, 0.717) is 13.0 Å². The molecule has 0 radical (unpaired) electrons. The van der Waals surface area contributed by atoms with Gasteiger partial charge >= 0.3 is 0 Å². The summed E-state index contributed by atoms with van der Waals surface area (Å²) >= 11 is 0. The van der Waals surface area contributed by atoms with Gasteiger partial charge in [-0.25, -0.2) is 0 Å². The highest BCUT2D eigenvalue weighted by Crippen LogP contribution is 2.32. The van der Waals surface area contributed by atoms with Crippen LogP contribution >= 0.6 is 0 Å². The lowest BCUT2D eigenvalue weighted by Gasteiger charge is -2.42. The minimum absolute atomic E-state index is 0.0187. The van der Waals surface area contributed by atoms with Crippen molar-refractivity contribution < 1.29 is 9.53 Å². The molecule has 2 aromatic heterocycles. The standard InChI is InChI=1S/C30H41N5O2/c1-22(2)37-29-20-31-14-16-35(29)30(23-9-5-4-6-10-23)24-17-25(32-19-24)18-26-12-13-27(33(26)3)21-34-15-8-7-11-28(34)36/h4-6,9-10,12-13,17,19,22,29-32H,7-8,11,14-16,18,20-21H2,1-3H3. The van der Waals surface area contributed by atoms with Crippen LogP contribution in [0.3, 0.4) is 0 Å². The first-order chi connectivity index (χ1) is 18.0. The summed E-state index contributed by atoms with van der Waals surface area (Å²) in [5.41, 5.74) is 6.16. The van der Waals surface area contributed by atoms with Crippen molar-refractivity contribution in [1.82, 2.24) is 24.7 Å². The van der Waals surface area contributed by atoms with Crippen LogP contribution in [0.5, 0.6) is 0 Å². The average molecular weight is 504 g/mol. The average Bonchev–Trinajstić information content (AvgIpc) is 3.49. The van der Waals surface area contributed by atoms with Gasteiger partial charge in [0.2, 0.25) is 5.91 Å². The third-order valence-electron chi connectivity index (χ3n) is 7.67. The number of aromatic amines is 1. The van der Waals surface area contributed by atoms with Gasteiger partial charge in [-0.1, -0.05) is 30.3 Å². The fourth-order valence-corrected chi connectivity index (χ4v) is 5.72. The van der Waals surface area contributed by atoms with Crippen molar-refractivity contribution in [3.05, 3.63) is 82.9 Å². The third-order valence-corrected chi connectivity index (χ3v) is 7.67. The second kappa shape index (κ2) is 11.7. The van der Waals surface area contributed by atoms with E-state index in [0.717, 1.165) is 45.4 Å². The summed E-state index contributed by atoms with van der Waals surface area (Å²) in [5, 5.41) is 3.50. The number of aromatic nitrogens is 2. The molecular weight excluding hydrogens is 462 g/mol. The fourth-order valence-electron chi connectivity index (χ4n) is 5.72. The molecule has 198 valence electrons. The zero-order chi connectivity index (χ0) is 25.8. The summed E-state index contributed by atoms with van der Waals surface area (Å²) in [6.45, 7) is 8.47. The van der Waals surface area contributed by atoms with Crippen molar-refractivity contribution in [2.75, 3.05) is 26.2 Å². The molecule has 2 aliphatic rings. The highest BCUT2D eigenvalue weighted by atomic mass is 16.5. The largest absolute Gasteiger partial charge is 0.364 e. The van der Waals surface area contributed by atoms with Crippen molar-refractivity contribution in [1.29, 1.82) is 0 Å². The molecule has 2 saturated heterocycles. The summed E-state index contributed by atoms with van der Waals surface area (Å²) in [6.07, 6.45) is 5.97. The Balaban J connectivity index is 1.36. The monoisotopic (exact) mass is 503 g/mol. The molecule has 0 aliphatic carbocycles. The molecule has 0 bridgehead atoms. The topological polar surface area (TPSA) is 65.5 Å². The van der Waals surface area contributed by atoms with E-state index in [1.165, 1.54) is 28.2 Å². The van der Waals surface area contributed by atoms with Gasteiger partial charge in [-0.05, 0) is 56.0 Å². The number of nitrogens with one attached hydrogen (secondary N) is 2. The van der Waals surface area contributed by atoms with Gasteiger partial charge in [0, 0.05) is 69.3 Å². The third kappa shape index (κ3) is 6.00. The van der Waals surface area contributed by atoms with Crippen molar-refractivity contribution >= 4 is 5.91 Å². The molecule has 3 aromatic rings. The fraction of sp³-hybridized carbons (Fsp3) is 0.500. The Hall–Kier alpha value is -2.87. The van der Waals surface area contributed by atoms with Gasteiger partial charge in [0.25, 0.3) is 0 Å². The second-order valence-corrected chi connectivity index (χ2v) is 10.7. The summed E-state index contributed by atoms with van der Waals surface area (Å²) in [5.74, 6) is 0.280. The molecule has 2 fully saturated rings. The van der Waals surface area contributed by atoms with Crippen LogP contribution in [0.15, 0.2) is 54.7 Å². The van der Waals surface area contributed by atoms with Gasteiger partial charge in [-0.3, -0.25) is 9.69 Å². The minimum atomic E-state index is 0.0187. The summed E-state index contributed by atoms with van der Waals surface area (Å²) in [6, 6.07) is 17.6. The predicted octanol–water partition coefficient (Wildman–Crippen LogP) is 4.20. The Morgan fingerprint density at radius 1 is 1.03 bits per heavy atom.